The van der Waals surface area contributed by atoms with E-state index in [-0.39, 0.29) is 0 Å². The van der Waals surface area contributed by atoms with Gasteiger partial charge >= 0.3 is 0 Å². The summed E-state index contributed by atoms with van der Waals surface area (Å²) in [5.74, 6) is 0. The Balaban J connectivity index is 2.70. The molecule has 0 spiro atoms. The van der Waals surface area contributed by atoms with Crippen LogP contribution in [0, 0.1) is 0 Å². The van der Waals surface area contributed by atoms with E-state index < -0.39 is 0 Å². The highest BCUT2D eigenvalue weighted by atomic mass is 79.9. The van der Waals surface area contributed by atoms with Gasteiger partial charge in [0.05, 0.1) is 12.3 Å². The Labute approximate surface area is 84.4 Å². The van der Waals surface area contributed by atoms with Gasteiger partial charge in [0.25, 0.3) is 0 Å². The molecule has 2 nitrogen and oxygen atoms in total. The number of thiazole rings is 1. The van der Waals surface area contributed by atoms with E-state index in [4.69, 9.17) is 4.74 Å². The zero-order chi connectivity index (χ0) is 8.97. The van der Waals surface area contributed by atoms with Crippen molar-refractivity contribution in [3.8, 4) is 0 Å². The molecule has 1 heterocycles. The molecular weight excluding hydrogens is 238 g/mol. The molecular formula is C8H10BrNOS. The van der Waals surface area contributed by atoms with Gasteiger partial charge in [0.1, 0.15) is 5.01 Å². The van der Waals surface area contributed by atoms with E-state index in [9.17, 15) is 0 Å². The molecule has 0 radical (unpaired) electrons. The lowest BCUT2D eigenvalue weighted by Crippen LogP contribution is -1.88. The molecule has 0 N–H and O–H groups in total. The van der Waals surface area contributed by atoms with Crippen LogP contribution in [-0.4, -0.2) is 17.4 Å². The predicted molar refractivity (Wildman–Crippen MR) is 55.7 cm³/mol. The summed E-state index contributed by atoms with van der Waals surface area (Å²) in [5, 5.41) is 3.76. The van der Waals surface area contributed by atoms with E-state index >= 15 is 0 Å². The molecule has 0 bridgehead atoms. The zero-order valence-corrected chi connectivity index (χ0v) is 9.24. The number of rotatable bonds is 4. The number of hydrogen-bond acceptors (Lipinski definition) is 3. The lowest BCUT2D eigenvalue weighted by atomic mass is 10.3. The summed E-state index contributed by atoms with van der Waals surface area (Å²) in [7, 11) is 1.67. The van der Waals surface area contributed by atoms with Gasteiger partial charge in [-0.2, -0.15) is 0 Å². The molecule has 66 valence electrons. The van der Waals surface area contributed by atoms with Crippen molar-refractivity contribution in [3.05, 3.63) is 22.7 Å². The van der Waals surface area contributed by atoms with Gasteiger partial charge in [0.15, 0.2) is 0 Å². The van der Waals surface area contributed by atoms with Crippen LogP contribution in [0.15, 0.2) is 12.0 Å². The van der Waals surface area contributed by atoms with Crippen LogP contribution in [0.4, 0.5) is 0 Å². The number of methoxy groups -OCH3 is 1. The van der Waals surface area contributed by atoms with Crippen molar-refractivity contribution in [1.82, 2.24) is 4.98 Å². The molecule has 0 saturated carbocycles. The van der Waals surface area contributed by atoms with Crippen molar-refractivity contribution < 1.29 is 4.74 Å². The van der Waals surface area contributed by atoms with Crippen LogP contribution in [0.2, 0.25) is 0 Å². The molecule has 0 aliphatic rings. The second-order valence-electron chi connectivity index (χ2n) is 2.30. The lowest BCUT2D eigenvalue weighted by Gasteiger charge is -1.94. The quantitative estimate of drug-likeness (QED) is 0.764. The molecule has 0 atom stereocenters. The minimum atomic E-state index is 0.584. The van der Waals surface area contributed by atoms with Gasteiger partial charge in [-0.3, -0.25) is 0 Å². The molecule has 0 unspecified atom stereocenters. The maximum absolute atomic E-state index is 4.96. The Kier molecular flexibility index (Phi) is 3.91. The lowest BCUT2D eigenvalue weighted by molar-refractivity contribution is 0.184. The first-order valence-electron chi connectivity index (χ1n) is 3.45. The van der Waals surface area contributed by atoms with E-state index in [1.165, 1.54) is 0 Å². The number of ether oxygens (including phenoxy) is 1. The number of aromatic nitrogens is 1. The van der Waals surface area contributed by atoms with Gasteiger partial charge in [0, 0.05) is 17.8 Å². The molecule has 1 rings (SSSR count). The summed E-state index contributed by atoms with van der Waals surface area (Å²) in [5.41, 5.74) is 1.97. The summed E-state index contributed by atoms with van der Waals surface area (Å²) in [6.45, 7) is 4.46. The summed E-state index contributed by atoms with van der Waals surface area (Å²) < 4.78 is 4.96. The van der Waals surface area contributed by atoms with Crippen molar-refractivity contribution in [2.24, 2.45) is 0 Å². The minimum Gasteiger partial charge on any atom is -0.378 e. The molecule has 0 amide bonds. The molecule has 4 heteroatoms. The first-order valence-corrected chi connectivity index (χ1v) is 5.45. The Hall–Kier alpha value is -0.190. The highest BCUT2D eigenvalue weighted by Gasteiger charge is 2.03. The topological polar surface area (TPSA) is 22.1 Å². The van der Waals surface area contributed by atoms with Gasteiger partial charge in [-0.15, -0.1) is 11.3 Å². The van der Waals surface area contributed by atoms with Crippen molar-refractivity contribution in [2.45, 2.75) is 6.61 Å². The van der Waals surface area contributed by atoms with Gasteiger partial charge < -0.3 is 4.74 Å². The van der Waals surface area contributed by atoms with E-state index in [0.717, 1.165) is 21.6 Å². The molecule has 0 fully saturated rings. The second kappa shape index (κ2) is 4.74. The van der Waals surface area contributed by atoms with Crippen LogP contribution in [-0.2, 0) is 11.3 Å². The third kappa shape index (κ3) is 2.40. The molecule has 0 aliphatic carbocycles. The predicted octanol–water partition coefficient (Wildman–Crippen LogP) is 2.70. The fraction of sp³-hybridized carbons (Fsp3) is 0.375. The van der Waals surface area contributed by atoms with E-state index in [1.54, 1.807) is 18.4 Å². The first-order chi connectivity index (χ1) is 5.77. The van der Waals surface area contributed by atoms with Crippen molar-refractivity contribution in [2.75, 3.05) is 12.4 Å². The molecule has 0 aliphatic heterocycles. The van der Waals surface area contributed by atoms with Crippen LogP contribution in [0.3, 0.4) is 0 Å². The average molecular weight is 248 g/mol. The number of alkyl halides is 1. The second-order valence-corrected chi connectivity index (χ2v) is 3.80. The SMILES string of the molecule is C=C(CBr)c1csc(COC)n1. The molecule has 0 aromatic carbocycles. The van der Waals surface area contributed by atoms with Crippen LogP contribution in [0.25, 0.3) is 5.57 Å². The third-order valence-corrected chi connectivity index (χ3v) is 2.84. The Morgan fingerprint density at radius 3 is 3.17 bits per heavy atom. The maximum Gasteiger partial charge on any atom is 0.119 e. The number of halogens is 1. The van der Waals surface area contributed by atoms with E-state index in [1.807, 2.05) is 5.38 Å². The van der Waals surface area contributed by atoms with Crippen LogP contribution in [0.1, 0.15) is 10.7 Å². The number of nitrogens with zero attached hydrogens (tertiary/aromatic N) is 1. The minimum absolute atomic E-state index is 0.584. The highest BCUT2D eigenvalue weighted by Crippen LogP contribution is 2.18. The van der Waals surface area contributed by atoms with Crippen LogP contribution in [0.5, 0.6) is 0 Å². The molecule has 1 aromatic rings. The summed E-state index contributed by atoms with van der Waals surface area (Å²) >= 11 is 4.93. The van der Waals surface area contributed by atoms with Crippen LogP contribution >= 0.6 is 27.3 Å². The zero-order valence-electron chi connectivity index (χ0n) is 6.84. The van der Waals surface area contributed by atoms with Gasteiger partial charge in [-0.05, 0) is 5.57 Å². The Morgan fingerprint density at radius 1 is 1.83 bits per heavy atom. The average Bonchev–Trinajstić information content (AvgIpc) is 2.52. The monoisotopic (exact) mass is 247 g/mol. The first kappa shape index (κ1) is 9.89. The summed E-state index contributed by atoms with van der Waals surface area (Å²) in [6.07, 6.45) is 0. The smallest absolute Gasteiger partial charge is 0.119 e. The Morgan fingerprint density at radius 2 is 2.58 bits per heavy atom. The molecule has 12 heavy (non-hydrogen) atoms. The van der Waals surface area contributed by atoms with Crippen molar-refractivity contribution in [1.29, 1.82) is 0 Å². The normalized spacial score (nSPS) is 10.2. The van der Waals surface area contributed by atoms with E-state index in [0.29, 0.717) is 6.61 Å². The maximum atomic E-state index is 4.96. The fourth-order valence-corrected chi connectivity index (χ4v) is 1.82. The van der Waals surface area contributed by atoms with Crippen LogP contribution < -0.4 is 0 Å². The largest absolute Gasteiger partial charge is 0.378 e. The standard InChI is InChI=1S/C8H10BrNOS/c1-6(3-9)7-5-12-8(10-7)4-11-2/h5H,1,3-4H2,2H3. The van der Waals surface area contributed by atoms with Crippen molar-refractivity contribution >= 4 is 32.8 Å². The summed E-state index contributed by atoms with van der Waals surface area (Å²) in [6, 6.07) is 0. The fourth-order valence-electron chi connectivity index (χ4n) is 0.732. The van der Waals surface area contributed by atoms with Gasteiger partial charge in [-0.1, -0.05) is 22.5 Å². The molecule has 1 aromatic heterocycles. The van der Waals surface area contributed by atoms with Gasteiger partial charge in [-0.25, -0.2) is 4.98 Å². The summed E-state index contributed by atoms with van der Waals surface area (Å²) in [4.78, 5) is 4.33. The van der Waals surface area contributed by atoms with E-state index in [2.05, 4.69) is 27.5 Å². The number of hydrogen-bond donors (Lipinski definition) is 0. The van der Waals surface area contributed by atoms with Crippen molar-refractivity contribution in [3.63, 3.8) is 0 Å². The highest BCUT2D eigenvalue weighted by molar-refractivity contribution is 9.09. The molecule has 0 saturated heterocycles. The number of allylic oxidation sites excluding steroid dienone is 1. The Bertz CT molecular complexity index is 272. The van der Waals surface area contributed by atoms with Gasteiger partial charge in [0.2, 0.25) is 0 Å². The third-order valence-electron chi connectivity index (χ3n) is 1.34.